The Balaban J connectivity index is 2.31. The molecule has 0 unspecified atom stereocenters. The van der Waals surface area contributed by atoms with E-state index in [1.54, 1.807) is 11.0 Å². The molecule has 72 valence electrons. The Hall–Kier alpha value is -1.75. The molecule has 0 aliphatic heterocycles. The number of hydrogen-bond donors (Lipinski definition) is 1. The maximum Gasteiger partial charge on any atom is 0.155 e. The van der Waals surface area contributed by atoms with Crippen LogP contribution in [0.5, 0.6) is 0 Å². The second-order valence-electron chi connectivity index (χ2n) is 2.87. The molecule has 0 fully saturated rings. The lowest BCUT2D eigenvalue weighted by molar-refractivity contribution is 0.822. The van der Waals surface area contributed by atoms with Crippen molar-refractivity contribution in [3.63, 3.8) is 0 Å². The molecule has 5 nitrogen and oxygen atoms in total. The van der Waals surface area contributed by atoms with E-state index in [0.29, 0.717) is 6.54 Å². The highest BCUT2D eigenvalue weighted by atomic mass is 15.3. The molecule has 0 spiro atoms. The fourth-order valence-corrected chi connectivity index (χ4v) is 1.21. The topological polar surface area (TPSA) is 69.6 Å². The smallest absolute Gasteiger partial charge is 0.155 e. The Morgan fingerprint density at radius 3 is 3.00 bits per heavy atom. The fourth-order valence-electron chi connectivity index (χ4n) is 1.21. The molecule has 2 aromatic heterocycles. The van der Waals surface area contributed by atoms with Gasteiger partial charge in [-0.2, -0.15) is 5.10 Å². The highest BCUT2D eigenvalue weighted by Crippen LogP contribution is 2.03. The Bertz CT molecular complexity index is 395. The quantitative estimate of drug-likeness (QED) is 0.746. The standard InChI is InChI=1S/C9H11N5/c10-5-4-8-2-1-3-9(13-8)14-7-11-6-12-14/h1-3,6-7H,4-5,10H2. The molecule has 0 atom stereocenters. The maximum absolute atomic E-state index is 5.45. The minimum absolute atomic E-state index is 0.605. The molecule has 0 aromatic carbocycles. The third kappa shape index (κ3) is 1.77. The fraction of sp³-hybridized carbons (Fsp3) is 0.222. The number of nitrogens with two attached hydrogens (primary N) is 1. The lowest BCUT2D eigenvalue weighted by atomic mass is 10.3. The van der Waals surface area contributed by atoms with Gasteiger partial charge in [0.15, 0.2) is 5.82 Å². The molecule has 2 heterocycles. The number of aromatic nitrogens is 4. The van der Waals surface area contributed by atoms with Gasteiger partial charge in [-0.3, -0.25) is 0 Å². The van der Waals surface area contributed by atoms with Crippen LogP contribution in [0.1, 0.15) is 5.69 Å². The molecule has 2 aromatic rings. The minimum atomic E-state index is 0.605. The first kappa shape index (κ1) is 8.83. The van der Waals surface area contributed by atoms with Gasteiger partial charge in [0, 0.05) is 12.1 Å². The summed E-state index contributed by atoms with van der Waals surface area (Å²) in [5, 5.41) is 4.00. The second kappa shape index (κ2) is 3.97. The first-order valence-electron chi connectivity index (χ1n) is 4.41. The highest BCUT2D eigenvalue weighted by molar-refractivity contribution is 5.22. The van der Waals surface area contributed by atoms with E-state index >= 15 is 0 Å². The molecule has 5 heteroatoms. The zero-order chi connectivity index (χ0) is 9.80. The minimum Gasteiger partial charge on any atom is -0.330 e. The van der Waals surface area contributed by atoms with Crippen LogP contribution in [0.25, 0.3) is 5.82 Å². The van der Waals surface area contributed by atoms with Crippen LogP contribution in [0, 0.1) is 0 Å². The zero-order valence-electron chi connectivity index (χ0n) is 7.67. The van der Waals surface area contributed by atoms with Crippen LogP contribution < -0.4 is 5.73 Å². The van der Waals surface area contributed by atoms with Crippen molar-refractivity contribution in [3.05, 3.63) is 36.5 Å². The first-order valence-corrected chi connectivity index (χ1v) is 4.41. The predicted molar refractivity (Wildman–Crippen MR) is 51.9 cm³/mol. The van der Waals surface area contributed by atoms with Crippen molar-refractivity contribution in [1.82, 2.24) is 19.7 Å². The van der Waals surface area contributed by atoms with Crippen molar-refractivity contribution in [2.75, 3.05) is 6.54 Å². The van der Waals surface area contributed by atoms with E-state index in [4.69, 9.17) is 5.73 Å². The third-order valence-electron chi connectivity index (χ3n) is 1.85. The molecule has 0 saturated heterocycles. The van der Waals surface area contributed by atoms with Gasteiger partial charge in [-0.1, -0.05) is 6.07 Å². The van der Waals surface area contributed by atoms with Gasteiger partial charge in [0.25, 0.3) is 0 Å². The number of pyridine rings is 1. The lowest BCUT2D eigenvalue weighted by Gasteiger charge is -2.01. The van der Waals surface area contributed by atoms with E-state index in [1.165, 1.54) is 6.33 Å². The van der Waals surface area contributed by atoms with Crippen LogP contribution in [0.15, 0.2) is 30.9 Å². The SMILES string of the molecule is NCCc1cccc(-n2cncn2)n1. The normalized spacial score (nSPS) is 10.4. The lowest BCUT2D eigenvalue weighted by Crippen LogP contribution is -2.06. The van der Waals surface area contributed by atoms with Crippen molar-refractivity contribution in [1.29, 1.82) is 0 Å². The Kier molecular flexibility index (Phi) is 2.51. The van der Waals surface area contributed by atoms with E-state index in [0.717, 1.165) is 17.9 Å². The monoisotopic (exact) mass is 189 g/mol. The highest BCUT2D eigenvalue weighted by Gasteiger charge is 1.99. The van der Waals surface area contributed by atoms with Crippen LogP contribution in [-0.2, 0) is 6.42 Å². The van der Waals surface area contributed by atoms with E-state index in [2.05, 4.69) is 15.1 Å². The van der Waals surface area contributed by atoms with Gasteiger partial charge in [0.2, 0.25) is 0 Å². The van der Waals surface area contributed by atoms with Crippen LogP contribution in [-0.4, -0.2) is 26.3 Å². The number of nitrogens with zero attached hydrogens (tertiary/aromatic N) is 4. The number of rotatable bonds is 3. The van der Waals surface area contributed by atoms with Gasteiger partial charge in [0.05, 0.1) is 0 Å². The average Bonchev–Trinajstić information content (AvgIpc) is 2.71. The van der Waals surface area contributed by atoms with Gasteiger partial charge in [0.1, 0.15) is 12.7 Å². The second-order valence-corrected chi connectivity index (χ2v) is 2.87. The zero-order valence-corrected chi connectivity index (χ0v) is 7.67. The summed E-state index contributed by atoms with van der Waals surface area (Å²) in [5.41, 5.74) is 6.43. The predicted octanol–water partition coefficient (Wildman–Crippen LogP) is 0.163. The number of hydrogen-bond acceptors (Lipinski definition) is 4. The molecule has 0 bridgehead atoms. The van der Waals surface area contributed by atoms with E-state index in [1.807, 2.05) is 18.2 Å². The summed E-state index contributed by atoms with van der Waals surface area (Å²) in [7, 11) is 0. The molecule has 0 radical (unpaired) electrons. The summed E-state index contributed by atoms with van der Waals surface area (Å²) < 4.78 is 1.63. The van der Waals surface area contributed by atoms with E-state index < -0.39 is 0 Å². The summed E-state index contributed by atoms with van der Waals surface area (Å²) in [5.74, 6) is 0.772. The Morgan fingerprint density at radius 2 is 2.29 bits per heavy atom. The molecule has 2 N–H and O–H groups in total. The van der Waals surface area contributed by atoms with Crippen LogP contribution in [0.2, 0.25) is 0 Å². The van der Waals surface area contributed by atoms with Crippen molar-refractivity contribution >= 4 is 0 Å². The van der Waals surface area contributed by atoms with Gasteiger partial charge in [-0.05, 0) is 18.7 Å². The molecule has 0 aliphatic rings. The third-order valence-corrected chi connectivity index (χ3v) is 1.85. The van der Waals surface area contributed by atoms with Crippen molar-refractivity contribution < 1.29 is 0 Å². The molecule has 0 aliphatic carbocycles. The Labute approximate surface area is 81.6 Å². The molecular formula is C9H11N5. The molecule has 14 heavy (non-hydrogen) atoms. The van der Waals surface area contributed by atoms with Crippen molar-refractivity contribution in [2.45, 2.75) is 6.42 Å². The van der Waals surface area contributed by atoms with Gasteiger partial charge in [-0.25, -0.2) is 14.6 Å². The van der Waals surface area contributed by atoms with Gasteiger partial charge < -0.3 is 5.73 Å². The van der Waals surface area contributed by atoms with Crippen molar-refractivity contribution in [3.8, 4) is 5.82 Å². The van der Waals surface area contributed by atoms with Gasteiger partial charge >= 0.3 is 0 Å². The molecule has 0 amide bonds. The maximum atomic E-state index is 5.45. The van der Waals surface area contributed by atoms with Crippen LogP contribution in [0.4, 0.5) is 0 Å². The Morgan fingerprint density at radius 1 is 1.36 bits per heavy atom. The summed E-state index contributed by atoms with van der Waals surface area (Å²) >= 11 is 0. The van der Waals surface area contributed by atoms with Crippen LogP contribution >= 0.6 is 0 Å². The van der Waals surface area contributed by atoms with E-state index in [9.17, 15) is 0 Å². The summed E-state index contributed by atoms with van der Waals surface area (Å²) in [4.78, 5) is 8.25. The summed E-state index contributed by atoms with van der Waals surface area (Å²) in [6.07, 6.45) is 3.88. The average molecular weight is 189 g/mol. The first-order chi connectivity index (χ1) is 6.90. The molecule has 2 rings (SSSR count). The molecule has 0 saturated carbocycles. The van der Waals surface area contributed by atoms with Gasteiger partial charge in [-0.15, -0.1) is 0 Å². The van der Waals surface area contributed by atoms with E-state index in [-0.39, 0.29) is 0 Å². The summed E-state index contributed by atoms with van der Waals surface area (Å²) in [6, 6.07) is 5.77. The molecular weight excluding hydrogens is 178 g/mol. The summed E-state index contributed by atoms with van der Waals surface area (Å²) in [6.45, 7) is 0.605. The van der Waals surface area contributed by atoms with Crippen LogP contribution in [0.3, 0.4) is 0 Å². The van der Waals surface area contributed by atoms with Crippen molar-refractivity contribution in [2.24, 2.45) is 5.73 Å². The largest absolute Gasteiger partial charge is 0.330 e.